The molecule has 0 saturated carbocycles. The standard InChI is InChI=1S/C20H20ClFN4OS/c21-17-5-3-6-18(22)16(17)13-24-8-10-25(11-9-24)19(27)14-28-20-23-12-15-4-1-2-7-26(15)20/h1-7,12H,8-11,13-14H2. The highest BCUT2D eigenvalue weighted by molar-refractivity contribution is 7.99. The number of hydrogen-bond donors (Lipinski definition) is 0. The fourth-order valence-electron chi connectivity index (χ4n) is 3.31. The van der Waals surface area contributed by atoms with Crippen LogP contribution in [0.25, 0.3) is 5.52 Å². The summed E-state index contributed by atoms with van der Waals surface area (Å²) in [6, 6.07) is 10.6. The Bertz CT molecular complexity index is 967. The molecule has 1 amide bonds. The first-order chi connectivity index (χ1) is 13.6. The number of rotatable bonds is 5. The normalized spacial score (nSPS) is 15.3. The zero-order valence-electron chi connectivity index (χ0n) is 15.2. The number of benzene rings is 1. The third kappa shape index (κ3) is 4.16. The average Bonchev–Trinajstić information content (AvgIpc) is 3.13. The van der Waals surface area contributed by atoms with Crippen molar-refractivity contribution < 1.29 is 9.18 Å². The summed E-state index contributed by atoms with van der Waals surface area (Å²) < 4.78 is 16.0. The predicted octanol–water partition coefficient (Wildman–Crippen LogP) is 3.56. The Morgan fingerprint density at radius 3 is 2.75 bits per heavy atom. The summed E-state index contributed by atoms with van der Waals surface area (Å²) in [5.74, 6) is 0.170. The highest BCUT2D eigenvalue weighted by Crippen LogP contribution is 2.22. The molecule has 2 aromatic heterocycles. The first kappa shape index (κ1) is 19.2. The maximum Gasteiger partial charge on any atom is 0.233 e. The van der Waals surface area contributed by atoms with Crippen LogP contribution in [-0.4, -0.2) is 57.0 Å². The Balaban J connectivity index is 1.29. The van der Waals surface area contributed by atoms with Gasteiger partial charge in [-0.15, -0.1) is 0 Å². The number of amides is 1. The molecule has 3 heterocycles. The molecule has 1 saturated heterocycles. The van der Waals surface area contributed by atoms with Crippen LogP contribution in [0, 0.1) is 5.82 Å². The van der Waals surface area contributed by atoms with Gasteiger partial charge >= 0.3 is 0 Å². The lowest BCUT2D eigenvalue weighted by atomic mass is 10.2. The summed E-state index contributed by atoms with van der Waals surface area (Å²) in [5, 5.41) is 1.26. The van der Waals surface area contributed by atoms with Crippen LogP contribution in [0.3, 0.4) is 0 Å². The van der Waals surface area contributed by atoms with E-state index in [1.165, 1.54) is 17.8 Å². The van der Waals surface area contributed by atoms with Crippen molar-refractivity contribution in [3.63, 3.8) is 0 Å². The molecular weight excluding hydrogens is 399 g/mol. The molecule has 0 unspecified atom stereocenters. The summed E-state index contributed by atoms with van der Waals surface area (Å²) >= 11 is 7.56. The Kier molecular flexibility index (Phi) is 5.85. The summed E-state index contributed by atoms with van der Waals surface area (Å²) in [6.45, 7) is 3.13. The molecule has 1 aliphatic rings. The molecule has 146 valence electrons. The summed E-state index contributed by atoms with van der Waals surface area (Å²) in [6.07, 6.45) is 3.75. The van der Waals surface area contributed by atoms with E-state index in [-0.39, 0.29) is 11.7 Å². The summed E-state index contributed by atoms with van der Waals surface area (Å²) in [4.78, 5) is 20.9. The van der Waals surface area contributed by atoms with E-state index in [0.29, 0.717) is 49.1 Å². The first-order valence-electron chi connectivity index (χ1n) is 9.10. The Labute approximate surface area is 172 Å². The van der Waals surface area contributed by atoms with Crippen LogP contribution in [0.1, 0.15) is 5.56 Å². The van der Waals surface area contributed by atoms with Crippen molar-refractivity contribution in [1.29, 1.82) is 0 Å². The molecule has 0 aliphatic carbocycles. The minimum absolute atomic E-state index is 0.0984. The molecular formula is C20H20ClFN4OS. The van der Waals surface area contributed by atoms with Gasteiger partial charge in [0, 0.05) is 49.5 Å². The van der Waals surface area contributed by atoms with E-state index in [0.717, 1.165) is 10.7 Å². The second-order valence-corrected chi connectivity index (χ2v) is 8.03. The van der Waals surface area contributed by atoms with Crippen LogP contribution >= 0.6 is 23.4 Å². The molecule has 1 aliphatic heterocycles. The van der Waals surface area contributed by atoms with Gasteiger partial charge in [0.25, 0.3) is 0 Å². The quantitative estimate of drug-likeness (QED) is 0.594. The molecule has 28 heavy (non-hydrogen) atoms. The number of thioether (sulfide) groups is 1. The summed E-state index contributed by atoms with van der Waals surface area (Å²) in [5.41, 5.74) is 1.53. The maximum absolute atomic E-state index is 14.0. The van der Waals surface area contributed by atoms with Gasteiger partial charge in [0.2, 0.25) is 5.91 Å². The van der Waals surface area contributed by atoms with Gasteiger partial charge in [-0.05, 0) is 24.3 Å². The van der Waals surface area contributed by atoms with E-state index in [4.69, 9.17) is 11.6 Å². The smallest absolute Gasteiger partial charge is 0.233 e. The number of nitrogens with zero attached hydrogens (tertiary/aromatic N) is 4. The van der Waals surface area contributed by atoms with E-state index < -0.39 is 0 Å². The number of imidazole rings is 1. The van der Waals surface area contributed by atoms with Crippen LogP contribution in [-0.2, 0) is 11.3 Å². The number of carbonyl (C=O) groups excluding carboxylic acids is 1. The molecule has 1 fully saturated rings. The van der Waals surface area contributed by atoms with Crippen LogP contribution in [0.4, 0.5) is 4.39 Å². The average molecular weight is 419 g/mol. The second-order valence-electron chi connectivity index (χ2n) is 6.68. The minimum atomic E-state index is -0.283. The molecule has 0 atom stereocenters. The molecule has 3 aromatic rings. The number of aromatic nitrogens is 2. The van der Waals surface area contributed by atoms with E-state index in [1.807, 2.05) is 33.7 Å². The van der Waals surface area contributed by atoms with E-state index in [2.05, 4.69) is 9.88 Å². The van der Waals surface area contributed by atoms with Gasteiger partial charge in [-0.3, -0.25) is 14.1 Å². The third-order valence-corrected chi connectivity index (χ3v) is 6.20. The van der Waals surface area contributed by atoms with Crippen molar-refractivity contribution in [2.75, 3.05) is 31.9 Å². The van der Waals surface area contributed by atoms with Crippen molar-refractivity contribution in [2.45, 2.75) is 11.7 Å². The maximum atomic E-state index is 14.0. The van der Waals surface area contributed by atoms with Crippen LogP contribution < -0.4 is 0 Å². The number of pyridine rings is 1. The number of carbonyl (C=O) groups is 1. The Morgan fingerprint density at radius 1 is 1.14 bits per heavy atom. The van der Waals surface area contributed by atoms with Crippen LogP contribution in [0.5, 0.6) is 0 Å². The summed E-state index contributed by atoms with van der Waals surface area (Å²) in [7, 11) is 0. The van der Waals surface area contributed by atoms with Gasteiger partial charge in [-0.25, -0.2) is 9.37 Å². The predicted molar refractivity (Wildman–Crippen MR) is 109 cm³/mol. The zero-order valence-corrected chi connectivity index (χ0v) is 16.8. The van der Waals surface area contributed by atoms with Crippen molar-refractivity contribution >= 4 is 34.8 Å². The first-order valence-corrected chi connectivity index (χ1v) is 10.5. The number of piperazine rings is 1. The lowest BCUT2D eigenvalue weighted by Gasteiger charge is -2.34. The Hall–Kier alpha value is -2.09. The molecule has 5 nitrogen and oxygen atoms in total. The molecule has 0 radical (unpaired) electrons. The molecule has 0 N–H and O–H groups in total. The third-order valence-electron chi connectivity index (χ3n) is 4.90. The Morgan fingerprint density at radius 2 is 1.96 bits per heavy atom. The van der Waals surface area contributed by atoms with Gasteiger partial charge in [-0.2, -0.15) is 0 Å². The zero-order chi connectivity index (χ0) is 19.5. The largest absolute Gasteiger partial charge is 0.339 e. The van der Waals surface area contributed by atoms with Crippen molar-refractivity contribution in [3.05, 3.63) is 65.2 Å². The SMILES string of the molecule is O=C(CSc1ncc2ccccn12)N1CCN(Cc2c(F)cccc2Cl)CC1. The fourth-order valence-corrected chi connectivity index (χ4v) is 4.40. The van der Waals surface area contributed by atoms with E-state index >= 15 is 0 Å². The number of fused-ring (bicyclic) bond motifs is 1. The van der Waals surface area contributed by atoms with E-state index in [9.17, 15) is 9.18 Å². The van der Waals surface area contributed by atoms with Crippen LogP contribution in [0.2, 0.25) is 5.02 Å². The number of halogens is 2. The van der Waals surface area contributed by atoms with Crippen molar-refractivity contribution in [2.24, 2.45) is 0 Å². The van der Waals surface area contributed by atoms with Gasteiger partial charge in [-0.1, -0.05) is 35.5 Å². The van der Waals surface area contributed by atoms with Gasteiger partial charge in [0.15, 0.2) is 5.16 Å². The van der Waals surface area contributed by atoms with Crippen LogP contribution in [0.15, 0.2) is 53.9 Å². The second kappa shape index (κ2) is 8.51. The lowest BCUT2D eigenvalue weighted by Crippen LogP contribution is -2.48. The highest BCUT2D eigenvalue weighted by Gasteiger charge is 2.23. The van der Waals surface area contributed by atoms with Gasteiger partial charge in [0.1, 0.15) is 5.82 Å². The molecule has 1 aromatic carbocycles. The number of hydrogen-bond acceptors (Lipinski definition) is 4. The van der Waals surface area contributed by atoms with Crippen molar-refractivity contribution in [1.82, 2.24) is 19.2 Å². The minimum Gasteiger partial charge on any atom is -0.339 e. The van der Waals surface area contributed by atoms with Gasteiger partial charge < -0.3 is 4.90 Å². The van der Waals surface area contributed by atoms with Gasteiger partial charge in [0.05, 0.1) is 17.5 Å². The molecule has 0 spiro atoms. The highest BCUT2D eigenvalue weighted by atomic mass is 35.5. The monoisotopic (exact) mass is 418 g/mol. The molecule has 0 bridgehead atoms. The molecule has 8 heteroatoms. The topological polar surface area (TPSA) is 40.9 Å². The van der Waals surface area contributed by atoms with Crippen molar-refractivity contribution in [3.8, 4) is 0 Å². The molecule has 4 rings (SSSR count). The fraction of sp³-hybridized carbons (Fsp3) is 0.300. The lowest BCUT2D eigenvalue weighted by molar-refractivity contribution is -0.130. The van der Waals surface area contributed by atoms with E-state index in [1.54, 1.807) is 18.3 Å².